The van der Waals surface area contributed by atoms with E-state index in [9.17, 15) is 0 Å². The largest absolute Gasteiger partial charge is 0.355 e. The van der Waals surface area contributed by atoms with Gasteiger partial charge < -0.3 is 10.2 Å². The lowest BCUT2D eigenvalue weighted by atomic mass is 9.99. The van der Waals surface area contributed by atoms with Gasteiger partial charge in [-0.1, -0.05) is 13.0 Å². The molecule has 5 nitrogen and oxygen atoms in total. The van der Waals surface area contributed by atoms with Crippen molar-refractivity contribution in [2.75, 3.05) is 29.9 Å². The molecule has 0 aromatic carbocycles. The quantitative estimate of drug-likeness (QED) is 0.802. The van der Waals surface area contributed by atoms with Crippen LogP contribution >= 0.6 is 0 Å². The third-order valence-electron chi connectivity index (χ3n) is 3.06. The SMILES string of the molecule is C=CCNc1nncc(N2CCC(C)CC2)n1. The van der Waals surface area contributed by atoms with Gasteiger partial charge in [0.2, 0.25) is 5.95 Å². The highest BCUT2D eigenvalue weighted by atomic mass is 15.3. The van der Waals surface area contributed by atoms with Crippen LogP contribution in [0.5, 0.6) is 0 Å². The van der Waals surface area contributed by atoms with Crippen LogP contribution in [0.25, 0.3) is 0 Å². The smallest absolute Gasteiger partial charge is 0.244 e. The van der Waals surface area contributed by atoms with Crippen LogP contribution in [-0.4, -0.2) is 34.8 Å². The lowest BCUT2D eigenvalue weighted by Crippen LogP contribution is -2.33. The van der Waals surface area contributed by atoms with Crippen LogP contribution < -0.4 is 10.2 Å². The first kappa shape index (κ1) is 11.8. The van der Waals surface area contributed by atoms with Crippen molar-refractivity contribution in [3.8, 4) is 0 Å². The topological polar surface area (TPSA) is 53.9 Å². The average molecular weight is 233 g/mol. The summed E-state index contributed by atoms with van der Waals surface area (Å²) in [6, 6.07) is 0. The van der Waals surface area contributed by atoms with Crippen LogP contribution in [0.1, 0.15) is 19.8 Å². The standard InChI is InChI=1S/C12H19N5/c1-3-6-13-12-15-11(9-14-16-12)17-7-4-10(2)5-8-17/h3,9-10H,1,4-8H2,2H3,(H,13,15,16). The van der Waals surface area contributed by atoms with E-state index in [1.807, 2.05) is 0 Å². The Balaban J connectivity index is 2.02. The number of hydrogen-bond donors (Lipinski definition) is 1. The molecule has 0 unspecified atom stereocenters. The van der Waals surface area contributed by atoms with Crippen molar-refractivity contribution in [1.29, 1.82) is 0 Å². The zero-order chi connectivity index (χ0) is 12.1. The van der Waals surface area contributed by atoms with Gasteiger partial charge in [0.25, 0.3) is 0 Å². The molecule has 0 aliphatic carbocycles. The number of hydrogen-bond acceptors (Lipinski definition) is 5. The molecular weight excluding hydrogens is 214 g/mol. The second-order valence-electron chi connectivity index (χ2n) is 4.48. The average Bonchev–Trinajstić information content (AvgIpc) is 2.37. The highest BCUT2D eigenvalue weighted by Crippen LogP contribution is 2.20. The molecule has 1 saturated heterocycles. The monoisotopic (exact) mass is 233 g/mol. The summed E-state index contributed by atoms with van der Waals surface area (Å²) in [7, 11) is 0. The van der Waals surface area contributed by atoms with Crippen molar-refractivity contribution in [2.24, 2.45) is 5.92 Å². The minimum absolute atomic E-state index is 0.570. The van der Waals surface area contributed by atoms with E-state index in [1.54, 1.807) is 12.3 Å². The van der Waals surface area contributed by atoms with E-state index in [0.29, 0.717) is 12.5 Å². The summed E-state index contributed by atoms with van der Waals surface area (Å²) in [5.41, 5.74) is 0. The zero-order valence-electron chi connectivity index (χ0n) is 10.3. The fourth-order valence-electron chi connectivity index (χ4n) is 1.92. The predicted molar refractivity (Wildman–Crippen MR) is 69.1 cm³/mol. The Morgan fingerprint density at radius 1 is 1.53 bits per heavy atom. The fraction of sp³-hybridized carbons (Fsp3) is 0.583. The summed E-state index contributed by atoms with van der Waals surface area (Å²) >= 11 is 0. The van der Waals surface area contributed by atoms with E-state index < -0.39 is 0 Å². The Morgan fingerprint density at radius 3 is 3.00 bits per heavy atom. The summed E-state index contributed by atoms with van der Waals surface area (Å²) < 4.78 is 0. The molecule has 0 spiro atoms. The summed E-state index contributed by atoms with van der Waals surface area (Å²) in [4.78, 5) is 6.72. The molecule has 1 aromatic heterocycles. The zero-order valence-corrected chi connectivity index (χ0v) is 10.3. The minimum Gasteiger partial charge on any atom is -0.355 e. The molecule has 0 radical (unpaired) electrons. The summed E-state index contributed by atoms with van der Waals surface area (Å²) in [6.07, 6.45) is 5.95. The third-order valence-corrected chi connectivity index (χ3v) is 3.06. The molecule has 1 N–H and O–H groups in total. The lowest BCUT2D eigenvalue weighted by molar-refractivity contribution is 0.436. The summed E-state index contributed by atoms with van der Waals surface area (Å²) in [5.74, 6) is 2.30. The molecule has 0 amide bonds. The van der Waals surface area contributed by atoms with Crippen LogP contribution in [0.2, 0.25) is 0 Å². The number of nitrogens with zero attached hydrogens (tertiary/aromatic N) is 4. The molecule has 17 heavy (non-hydrogen) atoms. The number of anilines is 2. The molecule has 1 aliphatic rings. The van der Waals surface area contributed by atoms with Gasteiger partial charge in [-0.2, -0.15) is 10.1 Å². The maximum absolute atomic E-state index is 4.45. The molecule has 0 saturated carbocycles. The lowest BCUT2D eigenvalue weighted by Gasteiger charge is -2.30. The summed E-state index contributed by atoms with van der Waals surface area (Å²) in [5, 5.41) is 11.0. The number of rotatable bonds is 4. The predicted octanol–water partition coefficient (Wildman–Crippen LogP) is 1.71. The van der Waals surface area contributed by atoms with Crippen LogP contribution in [-0.2, 0) is 0 Å². The van der Waals surface area contributed by atoms with E-state index in [-0.39, 0.29) is 0 Å². The van der Waals surface area contributed by atoms with Crippen molar-refractivity contribution in [2.45, 2.75) is 19.8 Å². The Kier molecular flexibility index (Phi) is 3.90. The van der Waals surface area contributed by atoms with Crippen molar-refractivity contribution in [1.82, 2.24) is 15.2 Å². The van der Waals surface area contributed by atoms with Gasteiger partial charge in [0.1, 0.15) is 0 Å². The van der Waals surface area contributed by atoms with Gasteiger partial charge in [0, 0.05) is 19.6 Å². The van der Waals surface area contributed by atoms with Crippen molar-refractivity contribution >= 4 is 11.8 Å². The fourth-order valence-corrected chi connectivity index (χ4v) is 1.92. The molecule has 92 valence electrons. The maximum atomic E-state index is 4.45. The highest BCUT2D eigenvalue weighted by Gasteiger charge is 2.17. The van der Waals surface area contributed by atoms with Gasteiger partial charge in [-0.25, -0.2) is 0 Å². The first-order valence-electron chi connectivity index (χ1n) is 6.09. The highest BCUT2D eigenvalue weighted by molar-refractivity contribution is 5.40. The van der Waals surface area contributed by atoms with Gasteiger partial charge in [-0.05, 0) is 18.8 Å². The minimum atomic E-state index is 0.570. The molecule has 1 aliphatic heterocycles. The van der Waals surface area contributed by atoms with Gasteiger partial charge in [-0.3, -0.25) is 0 Å². The van der Waals surface area contributed by atoms with Gasteiger partial charge in [0.15, 0.2) is 5.82 Å². The van der Waals surface area contributed by atoms with E-state index in [0.717, 1.165) is 24.8 Å². The third kappa shape index (κ3) is 3.15. The van der Waals surface area contributed by atoms with Crippen LogP contribution in [0.4, 0.5) is 11.8 Å². The Morgan fingerprint density at radius 2 is 2.29 bits per heavy atom. The van der Waals surface area contributed by atoms with Crippen LogP contribution in [0.3, 0.4) is 0 Å². The van der Waals surface area contributed by atoms with E-state index in [1.165, 1.54) is 12.8 Å². The molecular formula is C12H19N5. The van der Waals surface area contributed by atoms with E-state index in [4.69, 9.17) is 0 Å². The Labute approximate surface area is 102 Å². The van der Waals surface area contributed by atoms with Gasteiger partial charge >= 0.3 is 0 Å². The van der Waals surface area contributed by atoms with E-state index in [2.05, 4.69) is 38.9 Å². The normalized spacial score (nSPS) is 16.9. The Hall–Kier alpha value is -1.65. The van der Waals surface area contributed by atoms with Crippen molar-refractivity contribution in [3.63, 3.8) is 0 Å². The summed E-state index contributed by atoms with van der Waals surface area (Å²) in [6.45, 7) is 8.71. The molecule has 0 bridgehead atoms. The van der Waals surface area contributed by atoms with Gasteiger partial charge in [0.05, 0.1) is 6.20 Å². The number of aromatic nitrogens is 3. The molecule has 5 heteroatoms. The number of nitrogens with one attached hydrogen (secondary N) is 1. The molecule has 2 rings (SSSR count). The van der Waals surface area contributed by atoms with Crippen molar-refractivity contribution < 1.29 is 0 Å². The number of piperidine rings is 1. The molecule has 1 fully saturated rings. The molecule has 1 aromatic rings. The first-order chi connectivity index (χ1) is 8.29. The molecule has 2 heterocycles. The second-order valence-corrected chi connectivity index (χ2v) is 4.48. The molecule has 0 atom stereocenters. The van der Waals surface area contributed by atoms with E-state index >= 15 is 0 Å². The Bertz CT molecular complexity index is 371. The van der Waals surface area contributed by atoms with Gasteiger partial charge in [-0.15, -0.1) is 11.7 Å². The second kappa shape index (κ2) is 5.61. The van der Waals surface area contributed by atoms with Crippen molar-refractivity contribution in [3.05, 3.63) is 18.9 Å². The van der Waals surface area contributed by atoms with Crippen LogP contribution in [0.15, 0.2) is 18.9 Å². The maximum Gasteiger partial charge on any atom is 0.244 e. The first-order valence-corrected chi connectivity index (χ1v) is 6.09. The van der Waals surface area contributed by atoms with Crippen LogP contribution in [0, 0.1) is 5.92 Å².